The zero-order chi connectivity index (χ0) is 14.9. The molecule has 0 saturated heterocycles. The monoisotopic (exact) mass is 359 g/mol. The summed E-state index contributed by atoms with van der Waals surface area (Å²) in [6.07, 6.45) is 1.28. The van der Waals surface area contributed by atoms with Gasteiger partial charge in [0, 0.05) is 22.8 Å². The molecule has 9 heteroatoms. The molecule has 0 atom stereocenters. The van der Waals surface area contributed by atoms with E-state index in [0.29, 0.717) is 5.56 Å². The molecular weight excluding hydrogens is 353 g/mol. The Hall–Kier alpha value is -1.93. The first-order valence-corrected chi connectivity index (χ1v) is 6.47. The highest BCUT2D eigenvalue weighted by atomic mass is 79.9. The van der Waals surface area contributed by atoms with Crippen LogP contribution in [0.4, 0.5) is 5.69 Å². The molecule has 20 heavy (non-hydrogen) atoms. The average molecular weight is 361 g/mol. The van der Waals surface area contributed by atoms with Gasteiger partial charge < -0.3 is 0 Å². The van der Waals surface area contributed by atoms with Gasteiger partial charge in [-0.2, -0.15) is 0 Å². The van der Waals surface area contributed by atoms with Gasteiger partial charge in [0.15, 0.2) is 0 Å². The van der Waals surface area contributed by atoms with Gasteiger partial charge in [-0.1, -0.05) is 11.6 Å². The molecular formula is C11H7BrClN3O4. The van der Waals surface area contributed by atoms with E-state index < -0.39 is 16.2 Å². The standard InChI is InChI=1S/C11H7BrClN3O4/c12-8-5-15(11(18)14-10(8)17)4-6-1-2-7(13)3-9(6)16(19)20/h1-3,5H,4H2,(H,14,17,18). The van der Waals surface area contributed by atoms with Crippen molar-refractivity contribution in [2.45, 2.75) is 6.54 Å². The number of benzene rings is 1. The van der Waals surface area contributed by atoms with Crippen LogP contribution in [0.15, 0.2) is 38.5 Å². The zero-order valence-corrected chi connectivity index (χ0v) is 12.1. The van der Waals surface area contributed by atoms with Gasteiger partial charge in [0.25, 0.3) is 11.2 Å². The first-order valence-electron chi connectivity index (χ1n) is 5.30. The lowest BCUT2D eigenvalue weighted by molar-refractivity contribution is -0.385. The van der Waals surface area contributed by atoms with Gasteiger partial charge in [-0.3, -0.25) is 24.5 Å². The molecule has 104 valence electrons. The van der Waals surface area contributed by atoms with Crippen molar-refractivity contribution in [3.63, 3.8) is 0 Å². The Balaban J connectivity index is 2.50. The molecule has 0 spiro atoms. The van der Waals surface area contributed by atoms with Crippen LogP contribution in [0.3, 0.4) is 0 Å². The van der Waals surface area contributed by atoms with E-state index in [1.807, 2.05) is 0 Å². The Morgan fingerprint density at radius 1 is 1.40 bits per heavy atom. The van der Waals surface area contributed by atoms with Crippen molar-refractivity contribution < 1.29 is 4.92 Å². The summed E-state index contributed by atoms with van der Waals surface area (Å²) in [7, 11) is 0. The van der Waals surface area contributed by atoms with Crippen molar-refractivity contribution in [1.29, 1.82) is 0 Å². The Labute approximate surface area is 125 Å². The van der Waals surface area contributed by atoms with Crippen molar-refractivity contribution in [2.24, 2.45) is 0 Å². The summed E-state index contributed by atoms with van der Waals surface area (Å²) in [5, 5.41) is 11.2. The molecule has 0 bridgehead atoms. The SMILES string of the molecule is O=c1[nH]c(=O)n(Cc2ccc(Cl)cc2[N+](=O)[O-])cc1Br. The maximum absolute atomic E-state index is 11.6. The smallest absolute Gasteiger partial charge is 0.295 e. The maximum Gasteiger partial charge on any atom is 0.328 e. The Morgan fingerprint density at radius 2 is 2.10 bits per heavy atom. The van der Waals surface area contributed by atoms with Crippen molar-refractivity contribution >= 4 is 33.2 Å². The molecule has 1 heterocycles. The number of halogens is 2. The number of hydrogen-bond acceptors (Lipinski definition) is 4. The van der Waals surface area contributed by atoms with Gasteiger partial charge in [-0.05, 0) is 28.1 Å². The van der Waals surface area contributed by atoms with Crippen molar-refractivity contribution in [2.75, 3.05) is 0 Å². The Bertz CT molecular complexity index is 799. The van der Waals surface area contributed by atoms with E-state index in [1.54, 1.807) is 0 Å². The van der Waals surface area contributed by atoms with Crippen LogP contribution in [-0.2, 0) is 6.54 Å². The highest BCUT2D eigenvalue weighted by molar-refractivity contribution is 9.10. The second kappa shape index (κ2) is 5.59. The average Bonchev–Trinajstić information content (AvgIpc) is 2.37. The third kappa shape index (κ3) is 2.97. The highest BCUT2D eigenvalue weighted by Gasteiger charge is 2.15. The van der Waals surface area contributed by atoms with Crippen LogP contribution >= 0.6 is 27.5 Å². The predicted octanol–water partition coefficient (Wildman–Crippen LogP) is 1.91. The second-order valence-electron chi connectivity index (χ2n) is 3.89. The summed E-state index contributed by atoms with van der Waals surface area (Å²) in [4.78, 5) is 35.3. The van der Waals surface area contributed by atoms with Gasteiger partial charge in [0.2, 0.25) is 0 Å². The van der Waals surface area contributed by atoms with E-state index in [-0.39, 0.29) is 21.7 Å². The molecule has 7 nitrogen and oxygen atoms in total. The molecule has 2 rings (SSSR count). The minimum atomic E-state index is -0.651. The summed E-state index contributed by atoms with van der Waals surface area (Å²) < 4.78 is 1.32. The first kappa shape index (κ1) is 14.5. The number of rotatable bonds is 3. The van der Waals surface area contributed by atoms with Gasteiger partial charge in [-0.25, -0.2) is 4.79 Å². The van der Waals surface area contributed by atoms with E-state index in [0.717, 1.165) is 4.57 Å². The summed E-state index contributed by atoms with van der Waals surface area (Å²) in [5.41, 5.74) is -1.09. The molecule has 1 aromatic carbocycles. The summed E-state index contributed by atoms with van der Waals surface area (Å²) in [6.45, 7) is -0.0539. The lowest BCUT2D eigenvalue weighted by Gasteiger charge is -2.06. The summed E-state index contributed by atoms with van der Waals surface area (Å²) in [6, 6.07) is 4.17. The molecule has 0 fully saturated rings. The molecule has 0 unspecified atom stereocenters. The fraction of sp³-hybridized carbons (Fsp3) is 0.0909. The minimum absolute atomic E-state index is 0.0539. The summed E-state index contributed by atoms with van der Waals surface area (Å²) in [5.74, 6) is 0. The fourth-order valence-electron chi connectivity index (χ4n) is 1.62. The van der Waals surface area contributed by atoms with E-state index in [9.17, 15) is 19.7 Å². The topological polar surface area (TPSA) is 98.0 Å². The number of aromatic nitrogens is 2. The number of nitro benzene ring substituents is 1. The minimum Gasteiger partial charge on any atom is -0.295 e. The molecule has 0 aliphatic rings. The number of aromatic amines is 1. The third-order valence-corrected chi connectivity index (χ3v) is 3.35. The zero-order valence-electron chi connectivity index (χ0n) is 9.80. The van der Waals surface area contributed by atoms with E-state index in [1.165, 1.54) is 24.4 Å². The molecule has 0 aliphatic carbocycles. The van der Waals surface area contributed by atoms with Gasteiger partial charge in [0.1, 0.15) is 0 Å². The second-order valence-corrected chi connectivity index (χ2v) is 5.19. The number of nitrogens with one attached hydrogen (secondary N) is 1. The van der Waals surface area contributed by atoms with Crippen molar-refractivity contribution in [3.8, 4) is 0 Å². The van der Waals surface area contributed by atoms with Crippen molar-refractivity contribution in [3.05, 3.63) is 70.4 Å². The molecule has 0 amide bonds. The molecule has 1 aromatic heterocycles. The van der Waals surface area contributed by atoms with Crippen molar-refractivity contribution in [1.82, 2.24) is 9.55 Å². The predicted molar refractivity (Wildman–Crippen MR) is 76.2 cm³/mol. The molecule has 0 aliphatic heterocycles. The van der Waals surface area contributed by atoms with Crippen LogP contribution in [0.1, 0.15) is 5.56 Å². The third-order valence-electron chi connectivity index (χ3n) is 2.55. The molecule has 2 aromatic rings. The summed E-state index contributed by atoms with van der Waals surface area (Å²) >= 11 is 8.71. The molecule has 0 radical (unpaired) electrons. The maximum atomic E-state index is 11.6. The van der Waals surface area contributed by atoms with Crippen LogP contribution in [0, 0.1) is 10.1 Å². The quantitative estimate of drug-likeness (QED) is 0.667. The largest absolute Gasteiger partial charge is 0.328 e. The van der Waals surface area contributed by atoms with Crippen LogP contribution in [0.5, 0.6) is 0 Å². The van der Waals surface area contributed by atoms with E-state index in [2.05, 4.69) is 20.9 Å². The van der Waals surface area contributed by atoms with Gasteiger partial charge in [0.05, 0.1) is 15.9 Å². The van der Waals surface area contributed by atoms with Gasteiger partial charge >= 0.3 is 5.69 Å². The van der Waals surface area contributed by atoms with Crippen LogP contribution in [-0.4, -0.2) is 14.5 Å². The highest BCUT2D eigenvalue weighted by Crippen LogP contribution is 2.23. The normalized spacial score (nSPS) is 10.5. The lowest BCUT2D eigenvalue weighted by atomic mass is 10.2. The van der Waals surface area contributed by atoms with Gasteiger partial charge in [-0.15, -0.1) is 0 Å². The number of hydrogen-bond donors (Lipinski definition) is 1. The first-order chi connectivity index (χ1) is 9.38. The number of nitro groups is 1. The molecule has 0 saturated carbocycles. The lowest BCUT2D eigenvalue weighted by Crippen LogP contribution is -2.30. The number of nitrogens with zero attached hydrogens (tertiary/aromatic N) is 2. The number of H-pyrrole nitrogens is 1. The van der Waals surface area contributed by atoms with E-state index in [4.69, 9.17) is 11.6 Å². The fourth-order valence-corrected chi connectivity index (χ4v) is 2.14. The Kier molecular flexibility index (Phi) is 4.05. The molecule has 1 N–H and O–H groups in total. The van der Waals surface area contributed by atoms with Crippen LogP contribution < -0.4 is 11.2 Å². The van der Waals surface area contributed by atoms with Crippen LogP contribution in [0.25, 0.3) is 0 Å². The van der Waals surface area contributed by atoms with Crippen LogP contribution in [0.2, 0.25) is 5.02 Å². The Morgan fingerprint density at radius 3 is 2.75 bits per heavy atom. The van der Waals surface area contributed by atoms with E-state index >= 15 is 0 Å².